The van der Waals surface area contributed by atoms with Crippen LogP contribution in [0.5, 0.6) is 0 Å². The third-order valence-corrected chi connectivity index (χ3v) is 9.14. The van der Waals surface area contributed by atoms with Crippen LogP contribution in [0.1, 0.15) is 17.5 Å². The molecule has 0 saturated carbocycles. The summed E-state index contributed by atoms with van der Waals surface area (Å²) in [5.41, 5.74) is 12.1. The van der Waals surface area contributed by atoms with Crippen LogP contribution in [0.3, 0.4) is 0 Å². The molecule has 1 aromatic heterocycles. The molecule has 1 aliphatic rings. The molecule has 0 amide bonds. The van der Waals surface area contributed by atoms with Gasteiger partial charge in [-0.05, 0) is 85.5 Å². The molecule has 0 aliphatic heterocycles. The second-order valence-electron chi connectivity index (χ2n) is 11.5. The fraction of sp³-hybridized carbons (Fsp3) is 0.0476. The molecule has 43 heavy (non-hydrogen) atoms. The zero-order chi connectivity index (χ0) is 28.3. The fourth-order valence-electron chi connectivity index (χ4n) is 7.30. The Kier molecular flexibility index (Phi) is 5.39. The van der Waals surface area contributed by atoms with Gasteiger partial charge in [0.1, 0.15) is 11.2 Å². The molecule has 0 fully saturated rings. The van der Waals surface area contributed by atoms with E-state index in [0.29, 0.717) is 0 Å². The second-order valence-corrected chi connectivity index (χ2v) is 11.5. The average molecular weight is 549 g/mol. The molecule has 0 radical (unpaired) electrons. The van der Waals surface area contributed by atoms with Gasteiger partial charge in [0, 0.05) is 16.3 Å². The van der Waals surface area contributed by atoms with E-state index in [1.165, 1.54) is 76.8 Å². The van der Waals surface area contributed by atoms with Gasteiger partial charge in [-0.25, -0.2) is 0 Å². The van der Waals surface area contributed by atoms with Gasteiger partial charge in [0.25, 0.3) is 0 Å². The van der Waals surface area contributed by atoms with Crippen molar-refractivity contribution in [3.05, 3.63) is 151 Å². The molecule has 0 bridgehead atoms. The second kappa shape index (κ2) is 9.58. The Morgan fingerprint density at radius 1 is 0.465 bits per heavy atom. The minimum absolute atomic E-state index is 0.946. The van der Waals surface area contributed by atoms with Crippen LogP contribution in [0.25, 0.3) is 82.9 Å². The normalized spacial score (nSPS) is 12.8. The molecule has 0 unspecified atom stereocenters. The molecule has 1 heterocycles. The monoisotopic (exact) mass is 548 g/mol. The molecule has 0 atom stereocenters. The van der Waals surface area contributed by atoms with Gasteiger partial charge in [-0.3, -0.25) is 0 Å². The van der Waals surface area contributed by atoms with E-state index in [-0.39, 0.29) is 0 Å². The van der Waals surface area contributed by atoms with E-state index in [2.05, 4.69) is 146 Å². The lowest BCUT2D eigenvalue weighted by Gasteiger charge is -2.20. The van der Waals surface area contributed by atoms with E-state index in [4.69, 9.17) is 4.42 Å². The lowest BCUT2D eigenvalue weighted by molar-refractivity contribution is 0.661. The van der Waals surface area contributed by atoms with Crippen molar-refractivity contribution in [3.63, 3.8) is 0 Å². The van der Waals surface area contributed by atoms with Gasteiger partial charge in [0.15, 0.2) is 0 Å². The molecule has 8 aromatic rings. The van der Waals surface area contributed by atoms with E-state index >= 15 is 0 Å². The molecule has 0 N–H and O–H groups in total. The number of aryl methyl sites for hydroxylation is 1. The number of benzene rings is 7. The molecule has 202 valence electrons. The maximum atomic E-state index is 6.66. The lowest BCUT2D eigenvalue weighted by Crippen LogP contribution is -1.94. The smallest absolute Gasteiger partial charge is 0.139 e. The minimum Gasteiger partial charge on any atom is -0.456 e. The number of hydrogen-bond donors (Lipinski definition) is 0. The van der Waals surface area contributed by atoms with Crippen LogP contribution in [0.4, 0.5) is 0 Å². The highest BCUT2D eigenvalue weighted by Crippen LogP contribution is 2.48. The topological polar surface area (TPSA) is 13.1 Å². The van der Waals surface area contributed by atoms with Crippen LogP contribution in [0.15, 0.2) is 144 Å². The van der Waals surface area contributed by atoms with E-state index in [1.54, 1.807) is 0 Å². The number of allylic oxidation sites excluding steroid dienone is 1. The summed E-state index contributed by atoms with van der Waals surface area (Å²) < 4.78 is 6.66. The first-order valence-electron chi connectivity index (χ1n) is 15.1. The summed E-state index contributed by atoms with van der Waals surface area (Å²) in [7, 11) is 0. The zero-order valence-electron chi connectivity index (χ0n) is 23.7. The molecular weight excluding hydrogens is 520 g/mol. The Labute approximate surface area is 250 Å². The van der Waals surface area contributed by atoms with Crippen molar-refractivity contribution in [1.82, 2.24) is 0 Å². The average Bonchev–Trinajstić information content (AvgIpc) is 3.47. The predicted molar refractivity (Wildman–Crippen MR) is 182 cm³/mol. The summed E-state index contributed by atoms with van der Waals surface area (Å²) >= 11 is 0. The van der Waals surface area contributed by atoms with E-state index in [9.17, 15) is 0 Å². The molecular formula is C42H28O. The maximum absolute atomic E-state index is 6.66. The van der Waals surface area contributed by atoms with E-state index < -0.39 is 0 Å². The molecule has 1 aliphatic carbocycles. The zero-order valence-corrected chi connectivity index (χ0v) is 23.7. The van der Waals surface area contributed by atoms with Crippen molar-refractivity contribution in [1.29, 1.82) is 0 Å². The predicted octanol–water partition coefficient (Wildman–Crippen LogP) is 11.9. The summed E-state index contributed by atoms with van der Waals surface area (Å²) in [5, 5.41) is 7.41. The standard InChI is InChI=1S/C42H28O/c1-2-13-27(14-3-1)29-16-6-7-18-31(29)39-32-19-8-10-21-34(32)40(35-22-11-9-20-33(35)39)36-23-12-24-38-41(36)37-26-25-28-15-4-5-17-30(28)42(37)43-38/h1-4,6-16,18-26H,5,17H2. The minimum atomic E-state index is 0.946. The van der Waals surface area contributed by atoms with E-state index in [0.717, 1.165) is 24.0 Å². The van der Waals surface area contributed by atoms with Crippen molar-refractivity contribution < 1.29 is 4.42 Å². The van der Waals surface area contributed by atoms with Gasteiger partial charge in [-0.2, -0.15) is 0 Å². The number of rotatable bonds is 3. The number of furan rings is 1. The van der Waals surface area contributed by atoms with Crippen LogP contribution in [-0.2, 0) is 6.42 Å². The first-order valence-corrected chi connectivity index (χ1v) is 15.1. The van der Waals surface area contributed by atoms with Crippen molar-refractivity contribution in [2.75, 3.05) is 0 Å². The Bertz CT molecular complexity index is 2330. The Morgan fingerprint density at radius 3 is 1.79 bits per heavy atom. The molecule has 7 aromatic carbocycles. The first kappa shape index (κ1) is 24.2. The van der Waals surface area contributed by atoms with Crippen LogP contribution >= 0.6 is 0 Å². The Balaban J connectivity index is 1.41. The number of hydrogen-bond acceptors (Lipinski definition) is 1. The van der Waals surface area contributed by atoms with Crippen LogP contribution < -0.4 is 0 Å². The highest BCUT2D eigenvalue weighted by atomic mass is 16.3. The third kappa shape index (κ3) is 3.65. The van der Waals surface area contributed by atoms with Crippen LogP contribution in [0, 0.1) is 0 Å². The van der Waals surface area contributed by atoms with Crippen molar-refractivity contribution in [2.24, 2.45) is 0 Å². The molecule has 0 saturated heterocycles. The van der Waals surface area contributed by atoms with Gasteiger partial charge in [0.2, 0.25) is 0 Å². The quantitative estimate of drug-likeness (QED) is 0.200. The Morgan fingerprint density at radius 2 is 1.07 bits per heavy atom. The summed E-state index contributed by atoms with van der Waals surface area (Å²) in [6.07, 6.45) is 6.56. The highest BCUT2D eigenvalue weighted by molar-refractivity contribution is 6.26. The SMILES string of the molecule is C1=Cc2ccc3c(oc4cccc(-c5c6ccccc6c(-c6ccccc6-c6ccccc6)c6ccccc56)c43)c2CC1. The number of fused-ring (bicyclic) bond motifs is 7. The largest absolute Gasteiger partial charge is 0.456 e. The molecule has 0 spiro atoms. The van der Waals surface area contributed by atoms with E-state index in [1.807, 2.05) is 0 Å². The van der Waals surface area contributed by atoms with Gasteiger partial charge in [-0.1, -0.05) is 133 Å². The van der Waals surface area contributed by atoms with Crippen molar-refractivity contribution >= 4 is 49.6 Å². The summed E-state index contributed by atoms with van der Waals surface area (Å²) in [6, 6.07) is 48.5. The lowest BCUT2D eigenvalue weighted by atomic mass is 9.83. The van der Waals surface area contributed by atoms with Gasteiger partial charge >= 0.3 is 0 Å². The maximum Gasteiger partial charge on any atom is 0.139 e. The van der Waals surface area contributed by atoms with Gasteiger partial charge in [-0.15, -0.1) is 0 Å². The van der Waals surface area contributed by atoms with Crippen molar-refractivity contribution in [3.8, 4) is 33.4 Å². The van der Waals surface area contributed by atoms with Gasteiger partial charge in [0.05, 0.1) is 0 Å². The molecule has 9 rings (SSSR count). The molecule has 1 heteroatoms. The highest BCUT2D eigenvalue weighted by Gasteiger charge is 2.22. The third-order valence-electron chi connectivity index (χ3n) is 9.14. The molecule has 1 nitrogen and oxygen atoms in total. The van der Waals surface area contributed by atoms with Crippen LogP contribution in [-0.4, -0.2) is 0 Å². The Hall–Kier alpha value is -5.40. The summed E-state index contributed by atoms with van der Waals surface area (Å²) in [5.74, 6) is 0. The van der Waals surface area contributed by atoms with Gasteiger partial charge < -0.3 is 4.42 Å². The van der Waals surface area contributed by atoms with Crippen LogP contribution in [0.2, 0.25) is 0 Å². The summed E-state index contributed by atoms with van der Waals surface area (Å²) in [4.78, 5) is 0. The fourth-order valence-corrected chi connectivity index (χ4v) is 7.30. The summed E-state index contributed by atoms with van der Waals surface area (Å²) in [6.45, 7) is 0. The first-order chi connectivity index (χ1) is 21.4. The van der Waals surface area contributed by atoms with Crippen molar-refractivity contribution in [2.45, 2.75) is 12.8 Å².